The maximum atomic E-state index is 12.9. The molecule has 2 amide bonds. The highest BCUT2D eigenvalue weighted by atomic mass is 16.5. The molecule has 1 aromatic heterocycles. The Morgan fingerprint density at radius 3 is 2.65 bits per heavy atom. The van der Waals surface area contributed by atoms with Gasteiger partial charge < -0.3 is 24.6 Å². The number of para-hydroxylation sites is 1. The van der Waals surface area contributed by atoms with Crippen molar-refractivity contribution in [3.05, 3.63) is 53.7 Å². The summed E-state index contributed by atoms with van der Waals surface area (Å²) in [6.07, 6.45) is 3.80. The van der Waals surface area contributed by atoms with Crippen molar-refractivity contribution in [1.82, 2.24) is 15.2 Å². The van der Waals surface area contributed by atoms with E-state index >= 15 is 0 Å². The van der Waals surface area contributed by atoms with Gasteiger partial charge in [0.2, 0.25) is 0 Å². The zero-order chi connectivity index (χ0) is 21.6. The summed E-state index contributed by atoms with van der Waals surface area (Å²) >= 11 is 0. The van der Waals surface area contributed by atoms with Gasteiger partial charge in [-0.15, -0.1) is 0 Å². The fourth-order valence-electron chi connectivity index (χ4n) is 4.05. The highest BCUT2D eigenvalue weighted by molar-refractivity contribution is 5.99. The first kappa shape index (κ1) is 21.1. The van der Waals surface area contributed by atoms with Crippen LogP contribution in [0.4, 0.5) is 5.82 Å². The van der Waals surface area contributed by atoms with E-state index in [1.54, 1.807) is 37.6 Å². The van der Waals surface area contributed by atoms with Crippen molar-refractivity contribution in [2.24, 2.45) is 0 Å². The highest BCUT2D eigenvalue weighted by Gasteiger charge is 2.27. The molecule has 4 rings (SSSR count). The molecule has 31 heavy (non-hydrogen) atoms. The van der Waals surface area contributed by atoms with E-state index in [-0.39, 0.29) is 17.9 Å². The van der Waals surface area contributed by atoms with Crippen molar-refractivity contribution >= 4 is 17.6 Å². The van der Waals surface area contributed by atoms with Gasteiger partial charge in [-0.3, -0.25) is 9.59 Å². The molecule has 0 spiro atoms. The minimum absolute atomic E-state index is 0.0485. The molecular formula is C23H28N4O4. The average molecular weight is 425 g/mol. The summed E-state index contributed by atoms with van der Waals surface area (Å²) in [7, 11) is 1.57. The number of methoxy groups -OCH3 is 1. The van der Waals surface area contributed by atoms with Gasteiger partial charge in [-0.05, 0) is 37.1 Å². The number of amides is 2. The van der Waals surface area contributed by atoms with Crippen LogP contribution >= 0.6 is 0 Å². The molecule has 8 nitrogen and oxygen atoms in total. The Kier molecular flexibility index (Phi) is 6.66. The molecule has 2 saturated heterocycles. The summed E-state index contributed by atoms with van der Waals surface area (Å²) in [5, 5.41) is 2.97. The molecule has 0 radical (unpaired) electrons. The molecule has 0 bridgehead atoms. The molecule has 1 aromatic carbocycles. The summed E-state index contributed by atoms with van der Waals surface area (Å²) in [4.78, 5) is 34.1. The third-order valence-corrected chi connectivity index (χ3v) is 5.75. The summed E-state index contributed by atoms with van der Waals surface area (Å²) in [6.45, 7) is 3.56. The fourth-order valence-corrected chi connectivity index (χ4v) is 4.05. The van der Waals surface area contributed by atoms with Crippen LogP contribution < -0.4 is 15.0 Å². The Morgan fingerprint density at radius 1 is 1.13 bits per heavy atom. The summed E-state index contributed by atoms with van der Waals surface area (Å²) in [6, 6.07) is 10.8. The standard InChI is InChI=1S/C23H28N4O4/c1-30-20-9-3-2-7-18(20)23(29)27-13-11-26(12-14-27)21-19(8-4-10-24-21)22(28)25-16-17-6-5-15-31-17/h2-4,7-10,17H,5-6,11-16H2,1H3,(H,25,28)/t17-/m0/s1. The number of nitrogens with zero attached hydrogens (tertiary/aromatic N) is 3. The molecular weight excluding hydrogens is 396 g/mol. The summed E-state index contributed by atoms with van der Waals surface area (Å²) in [5.41, 5.74) is 1.11. The van der Waals surface area contributed by atoms with Gasteiger partial charge in [-0.2, -0.15) is 0 Å². The second kappa shape index (κ2) is 9.78. The Morgan fingerprint density at radius 2 is 1.90 bits per heavy atom. The van der Waals surface area contributed by atoms with Crippen molar-refractivity contribution in [3.8, 4) is 5.75 Å². The lowest BCUT2D eigenvalue weighted by Gasteiger charge is -2.36. The number of anilines is 1. The van der Waals surface area contributed by atoms with Crippen LogP contribution in [0.15, 0.2) is 42.6 Å². The van der Waals surface area contributed by atoms with Crippen LogP contribution in [0.2, 0.25) is 0 Å². The van der Waals surface area contributed by atoms with Crippen LogP contribution in [0, 0.1) is 0 Å². The molecule has 2 aromatic rings. The first-order valence-corrected chi connectivity index (χ1v) is 10.7. The molecule has 0 aliphatic carbocycles. The van der Waals surface area contributed by atoms with Gasteiger partial charge in [-0.25, -0.2) is 4.98 Å². The van der Waals surface area contributed by atoms with Crippen molar-refractivity contribution < 1.29 is 19.1 Å². The van der Waals surface area contributed by atoms with Crippen molar-refractivity contribution in [3.63, 3.8) is 0 Å². The zero-order valence-electron chi connectivity index (χ0n) is 17.8. The highest BCUT2D eigenvalue weighted by Crippen LogP contribution is 2.23. The molecule has 1 N–H and O–H groups in total. The Labute approximate surface area is 182 Å². The first-order chi connectivity index (χ1) is 15.2. The summed E-state index contributed by atoms with van der Waals surface area (Å²) < 4.78 is 10.9. The molecule has 2 fully saturated rings. The van der Waals surface area contributed by atoms with Crippen LogP contribution in [-0.4, -0.2) is 74.2 Å². The van der Waals surface area contributed by atoms with Crippen molar-refractivity contribution in [1.29, 1.82) is 0 Å². The average Bonchev–Trinajstić information content (AvgIpc) is 3.36. The lowest BCUT2D eigenvalue weighted by molar-refractivity contribution is 0.0742. The number of hydrogen-bond acceptors (Lipinski definition) is 6. The summed E-state index contributed by atoms with van der Waals surface area (Å²) in [5.74, 6) is 1.03. The van der Waals surface area contributed by atoms with Crippen LogP contribution in [0.25, 0.3) is 0 Å². The van der Waals surface area contributed by atoms with E-state index in [2.05, 4.69) is 15.2 Å². The fraction of sp³-hybridized carbons (Fsp3) is 0.435. The second-order valence-electron chi connectivity index (χ2n) is 7.70. The predicted octanol–water partition coefficient (Wildman–Crippen LogP) is 1.96. The van der Waals surface area contributed by atoms with Crippen LogP contribution in [-0.2, 0) is 4.74 Å². The largest absolute Gasteiger partial charge is 0.496 e. The quantitative estimate of drug-likeness (QED) is 0.763. The van der Waals surface area contributed by atoms with Gasteiger partial charge in [0, 0.05) is 45.5 Å². The SMILES string of the molecule is COc1ccccc1C(=O)N1CCN(c2ncccc2C(=O)NC[C@@H]2CCCO2)CC1. The number of nitrogens with one attached hydrogen (secondary N) is 1. The number of pyridine rings is 1. The van der Waals surface area contributed by atoms with Gasteiger partial charge >= 0.3 is 0 Å². The third kappa shape index (κ3) is 4.80. The molecule has 8 heteroatoms. The van der Waals surface area contributed by atoms with Gasteiger partial charge in [0.1, 0.15) is 11.6 Å². The maximum absolute atomic E-state index is 12.9. The number of aromatic nitrogens is 1. The molecule has 0 saturated carbocycles. The molecule has 1 atom stereocenters. The normalized spacial score (nSPS) is 18.7. The lowest BCUT2D eigenvalue weighted by Crippen LogP contribution is -2.49. The van der Waals surface area contributed by atoms with Gasteiger partial charge in [-0.1, -0.05) is 12.1 Å². The number of benzene rings is 1. The zero-order valence-corrected chi connectivity index (χ0v) is 17.8. The first-order valence-electron chi connectivity index (χ1n) is 10.7. The topological polar surface area (TPSA) is 84.0 Å². The van der Waals surface area contributed by atoms with E-state index in [1.807, 2.05) is 17.0 Å². The number of hydrogen-bond donors (Lipinski definition) is 1. The third-order valence-electron chi connectivity index (χ3n) is 5.75. The maximum Gasteiger partial charge on any atom is 0.257 e. The molecule has 2 aliphatic rings. The van der Waals surface area contributed by atoms with E-state index in [0.29, 0.717) is 55.4 Å². The lowest BCUT2D eigenvalue weighted by atomic mass is 10.1. The second-order valence-corrected chi connectivity index (χ2v) is 7.70. The number of carbonyl (C=O) groups excluding carboxylic acids is 2. The van der Waals surface area contributed by atoms with Crippen LogP contribution in [0.3, 0.4) is 0 Å². The number of piperazine rings is 1. The Hall–Kier alpha value is -3.13. The van der Waals surface area contributed by atoms with E-state index in [4.69, 9.17) is 9.47 Å². The molecule has 164 valence electrons. The monoisotopic (exact) mass is 424 g/mol. The van der Waals surface area contributed by atoms with Crippen LogP contribution in [0.1, 0.15) is 33.6 Å². The molecule has 2 aliphatic heterocycles. The van der Waals surface area contributed by atoms with E-state index < -0.39 is 0 Å². The number of rotatable bonds is 6. The van der Waals surface area contributed by atoms with Crippen LogP contribution in [0.5, 0.6) is 5.75 Å². The van der Waals surface area contributed by atoms with Gasteiger partial charge in [0.05, 0.1) is 24.3 Å². The van der Waals surface area contributed by atoms with Crippen molar-refractivity contribution in [2.45, 2.75) is 18.9 Å². The molecule has 3 heterocycles. The smallest absolute Gasteiger partial charge is 0.257 e. The van der Waals surface area contributed by atoms with Crippen molar-refractivity contribution in [2.75, 3.05) is 51.3 Å². The van der Waals surface area contributed by atoms with E-state index in [1.165, 1.54) is 0 Å². The van der Waals surface area contributed by atoms with E-state index in [0.717, 1.165) is 19.4 Å². The minimum atomic E-state index is -0.147. The van der Waals surface area contributed by atoms with E-state index in [9.17, 15) is 9.59 Å². The Balaban J connectivity index is 1.39. The number of carbonyl (C=O) groups is 2. The number of ether oxygens (including phenoxy) is 2. The Bertz CT molecular complexity index is 921. The van der Waals surface area contributed by atoms with Gasteiger partial charge in [0.15, 0.2) is 0 Å². The minimum Gasteiger partial charge on any atom is -0.496 e. The molecule has 0 unspecified atom stereocenters. The predicted molar refractivity (Wildman–Crippen MR) is 117 cm³/mol. The van der Waals surface area contributed by atoms with Gasteiger partial charge in [0.25, 0.3) is 11.8 Å².